The minimum atomic E-state index is -0.414. The molecule has 0 saturated heterocycles. The number of ether oxygens (including phenoxy) is 1. The molecule has 0 unspecified atom stereocenters. The molecule has 5 nitrogen and oxygen atoms in total. The van der Waals surface area contributed by atoms with Gasteiger partial charge in [0.15, 0.2) is 0 Å². The monoisotopic (exact) mass is 322 g/mol. The van der Waals surface area contributed by atoms with Crippen molar-refractivity contribution >= 4 is 11.6 Å². The Balaban J connectivity index is 1.86. The number of hydrogen-bond acceptors (Lipinski definition) is 4. The molecule has 1 aromatic carbocycles. The van der Waals surface area contributed by atoms with Crippen LogP contribution in [0.2, 0.25) is 0 Å². The van der Waals surface area contributed by atoms with Crippen molar-refractivity contribution in [2.45, 2.75) is 27.4 Å². The van der Waals surface area contributed by atoms with Crippen LogP contribution in [-0.4, -0.2) is 15.4 Å². The van der Waals surface area contributed by atoms with Gasteiger partial charge in [-0.05, 0) is 49.6 Å². The SMILES string of the molecule is Cc1cccc(C(=O)OCc2cc(=O)n3cccc(C)c3n2)c1C. The predicted molar refractivity (Wildman–Crippen MR) is 91.2 cm³/mol. The molecule has 3 rings (SSSR count). The first-order valence-corrected chi connectivity index (χ1v) is 7.68. The molecule has 2 aromatic heterocycles. The first-order valence-electron chi connectivity index (χ1n) is 7.68. The summed E-state index contributed by atoms with van der Waals surface area (Å²) >= 11 is 0. The van der Waals surface area contributed by atoms with Crippen LogP contribution in [0.5, 0.6) is 0 Å². The Morgan fingerprint density at radius 1 is 1.12 bits per heavy atom. The van der Waals surface area contributed by atoms with E-state index in [2.05, 4.69) is 4.98 Å². The first kappa shape index (κ1) is 15.9. The Morgan fingerprint density at radius 3 is 2.67 bits per heavy atom. The Bertz CT molecular complexity index is 990. The minimum Gasteiger partial charge on any atom is -0.456 e. The van der Waals surface area contributed by atoms with Crippen molar-refractivity contribution in [2.24, 2.45) is 0 Å². The number of benzene rings is 1. The van der Waals surface area contributed by atoms with E-state index in [0.717, 1.165) is 16.7 Å². The van der Waals surface area contributed by atoms with E-state index < -0.39 is 5.97 Å². The number of aromatic nitrogens is 2. The molecule has 0 N–H and O–H groups in total. The van der Waals surface area contributed by atoms with Crippen molar-refractivity contribution < 1.29 is 9.53 Å². The summed E-state index contributed by atoms with van der Waals surface area (Å²) in [4.78, 5) is 28.8. The molecule has 0 bridgehead atoms. The Morgan fingerprint density at radius 2 is 1.88 bits per heavy atom. The second-order valence-corrected chi connectivity index (χ2v) is 5.79. The van der Waals surface area contributed by atoms with Crippen LogP contribution in [0.3, 0.4) is 0 Å². The van der Waals surface area contributed by atoms with E-state index in [0.29, 0.717) is 16.9 Å². The number of hydrogen-bond donors (Lipinski definition) is 0. The summed E-state index contributed by atoms with van der Waals surface area (Å²) in [6.07, 6.45) is 1.67. The van der Waals surface area contributed by atoms with Crippen LogP contribution in [0.25, 0.3) is 5.65 Å². The molecule has 24 heavy (non-hydrogen) atoms. The lowest BCUT2D eigenvalue weighted by Gasteiger charge is -2.09. The highest BCUT2D eigenvalue weighted by Gasteiger charge is 2.13. The Hall–Kier alpha value is -2.95. The maximum absolute atomic E-state index is 12.3. The second kappa shape index (κ2) is 6.28. The van der Waals surface area contributed by atoms with E-state index in [1.54, 1.807) is 18.3 Å². The van der Waals surface area contributed by atoms with Crippen molar-refractivity contribution in [1.82, 2.24) is 9.38 Å². The van der Waals surface area contributed by atoms with Gasteiger partial charge in [0.25, 0.3) is 5.56 Å². The van der Waals surface area contributed by atoms with E-state index in [9.17, 15) is 9.59 Å². The zero-order chi connectivity index (χ0) is 17.3. The van der Waals surface area contributed by atoms with Gasteiger partial charge >= 0.3 is 5.97 Å². The number of aryl methyl sites for hydroxylation is 2. The summed E-state index contributed by atoms with van der Waals surface area (Å²) in [7, 11) is 0. The minimum absolute atomic E-state index is 0.0354. The van der Waals surface area contributed by atoms with Crippen molar-refractivity contribution in [3.63, 3.8) is 0 Å². The lowest BCUT2D eigenvalue weighted by atomic mass is 10.0. The third kappa shape index (κ3) is 2.93. The highest BCUT2D eigenvalue weighted by Crippen LogP contribution is 2.14. The van der Waals surface area contributed by atoms with Gasteiger partial charge < -0.3 is 4.74 Å². The van der Waals surface area contributed by atoms with Gasteiger partial charge in [-0.1, -0.05) is 18.2 Å². The molecule has 122 valence electrons. The fraction of sp³-hybridized carbons (Fsp3) is 0.211. The highest BCUT2D eigenvalue weighted by molar-refractivity contribution is 5.91. The fourth-order valence-corrected chi connectivity index (χ4v) is 2.57. The number of carbonyl (C=O) groups excluding carboxylic acids is 1. The summed E-state index contributed by atoms with van der Waals surface area (Å²) in [6.45, 7) is 5.68. The van der Waals surface area contributed by atoms with Crippen LogP contribution >= 0.6 is 0 Å². The van der Waals surface area contributed by atoms with Crippen LogP contribution in [-0.2, 0) is 11.3 Å². The summed E-state index contributed by atoms with van der Waals surface area (Å²) < 4.78 is 6.82. The normalized spacial score (nSPS) is 10.8. The second-order valence-electron chi connectivity index (χ2n) is 5.79. The van der Waals surface area contributed by atoms with Crippen LogP contribution in [0.4, 0.5) is 0 Å². The van der Waals surface area contributed by atoms with Crippen molar-refractivity contribution in [3.8, 4) is 0 Å². The average molecular weight is 322 g/mol. The fourth-order valence-electron chi connectivity index (χ4n) is 2.57. The lowest BCUT2D eigenvalue weighted by molar-refractivity contribution is 0.0466. The molecule has 0 spiro atoms. The molecule has 0 amide bonds. The number of rotatable bonds is 3. The molecule has 3 aromatic rings. The van der Waals surface area contributed by atoms with E-state index in [1.165, 1.54) is 10.5 Å². The zero-order valence-corrected chi connectivity index (χ0v) is 13.9. The maximum Gasteiger partial charge on any atom is 0.338 e. The molecule has 0 saturated carbocycles. The van der Waals surface area contributed by atoms with Crippen molar-refractivity contribution in [3.05, 3.63) is 80.9 Å². The van der Waals surface area contributed by atoms with Gasteiger partial charge in [0, 0.05) is 12.3 Å². The number of fused-ring (bicyclic) bond motifs is 1. The number of pyridine rings is 1. The Kier molecular flexibility index (Phi) is 4.16. The smallest absolute Gasteiger partial charge is 0.338 e. The molecule has 0 aliphatic carbocycles. The van der Waals surface area contributed by atoms with Crippen molar-refractivity contribution in [2.75, 3.05) is 0 Å². The molecule has 0 fully saturated rings. The van der Waals surface area contributed by atoms with Gasteiger partial charge in [0.05, 0.1) is 11.3 Å². The van der Waals surface area contributed by atoms with Crippen LogP contribution in [0.1, 0.15) is 32.7 Å². The van der Waals surface area contributed by atoms with Gasteiger partial charge in [0.1, 0.15) is 12.3 Å². The summed E-state index contributed by atoms with van der Waals surface area (Å²) in [5.41, 5.74) is 4.16. The van der Waals surface area contributed by atoms with Crippen molar-refractivity contribution in [1.29, 1.82) is 0 Å². The van der Waals surface area contributed by atoms with Crippen LogP contribution < -0.4 is 5.56 Å². The molecule has 0 aliphatic heterocycles. The maximum atomic E-state index is 12.3. The van der Waals surface area contributed by atoms with Crippen LogP contribution in [0.15, 0.2) is 47.4 Å². The number of nitrogens with zero attached hydrogens (tertiary/aromatic N) is 2. The molecule has 0 atom stereocenters. The van der Waals surface area contributed by atoms with Gasteiger partial charge in [-0.15, -0.1) is 0 Å². The topological polar surface area (TPSA) is 60.7 Å². The summed E-state index contributed by atoms with van der Waals surface area (Å²) in [5.74, 6) is -0.414. The molecule has 0 aliphatic rings. The third-order valence-corrected chi connectivity index (χ3v) is 4.11. The molecule has 0 radical (unpaired) electrons. The lowest BCUT2D eigenvalue weighted by Crippen LogP contribution is -2.17. The quantitative estimate of drug-likeness (QED) is 0.696. The number of esters is 1. The van der Waals surface area contributed by atoms with E-state index in [1.807, 2.05) is 39.0 Å². The summed E-state index contributed by atoms with van der Waals surface area (Å²) in [5, 5.41) is 0. The first-order chi connectivity index (χ1) is 11.5. The molecule has 5 heteroatoms. The largest absolute Gasteiger partial charge is 0.456 e. The Labute approximate surface area is 139 Å². The van der Waals surface area contributed by atoms with Gasteiger partial charge in [-0.2, -0.15) is 0 Å². The molecular weight excluding hydrogens is 304 g/mol. The molecule has 2 heterocycles. The third-order valence-electron chi connectivity index (χ3n) is 4.11. The highest BCUT2D eigenvalue weighted by atomic mass is 16.5. The molecular formula is C19H18N2O3. The van der Waals surface area contributed by atoms with Gasteiger partial charge in [-0.25, -0.2) is 9.78 Å². The van der Waals surface area contributed by atoms with E-state index >= 15 is 0 Å². The zero-order valence-electron chi connectivity index (χ0n) is 13.9. The van der Waals surface area contributed by atoms with Crippen LogP contribution in [0, 0.1) is 20.8 Å². The number of carbonyl (C=O) groups is 1. The van der Waals surface area contributed by atoms with Gasteiger partial charge in [0.2, 0.25) is 0 Å². The standard InChI is InChI=1S/C19H18N2O3/c1-12-6-4-8-16(14(12)3)19(23)24-11-15-10-17(22)21-9-5-7-13(2)18(21)20-15/h4-10H,11H2,1-3H3. The van der Waals surface area contributed by atoms with Gasteiger partial charge in [-0.3, -0.25) is 9.20 Å². The van der Waals surface area contributed by atoms with E-state index in [4.69, 9.17) is 4.74 Å². The average Bonchev–Trinajstić information content (AvgIpc) is 2.56. The predicted octanol–water partition coefficient (Wildman–Crippen LogP) is 2.98. The van der Waals surface area contributed by atoms with E-state index in [-0.39, 0.29) is 12.2 Å². The summed E-state index contributed by atoms with van der Waals surface area (Å²) in [6, 6.07) is 10.6.